The van der Waals surface area contributed by atoms with Gasteiger partial charge < -0.3 is 15.1 Å². The Hall–Kier alpha value is -3.93. The molecule has 0 atom stereocenters. The van der Waals surface area contributed by atoms with E-state index in [0.29, 0.717) is 11.6 Å². The third-order valence-electron chi connectivity index (χ3n) is 4.68. The topological polar surface area (TPSA) is 67.2 Å². The van der Waals surface area contributed by atoms with Gasteiger partial charge in [-0.15, -0.1) is 0 Å². The Morgan fingerprint density at radius 1 is 0.967 bits per heavy atom. The highest BCUT2D eigenvalue weighted by molar-refractivity contribution is 5.99. The number of para-hydroxylation sites is 1. The van der Waals surface area contributed by atoms with Gasteiger partial charge >= 0.3 is 6.03 Å². The second-order valence-electron chi connectivity index (χ2n) is 6.99. The lowest BCUT2D eigenvalue weighted by Crippen LogP contribution is -2.20. The number of nitrogens with zero attached hydrogens (tertiary/aromatic N) is 1. The molecule has 0 aliphatic rings. The first kappa shape index (κ1) is 19.4. The lowest BCUT2D eigenvalue weighted by Gasteiger charge is -2.08. The number of urea groups is 1. The number of amides is 2. The number of benzene rings is 3. The van der Waals surface area contributed by atoms with E-state index < -0.39 is 11.8 Å². The minimum absolute atomic E-state index is 0.116. The minimum Gasteiger partial charge on any atom is -0.444 e. The predicted molar refractivity (Wildman–Crippen MR) is 116 cm³/mol. The molecule has 0 spiro atoms. The van der Waals surface area contributed by atoms with Gasteiger partial charge in [0, 0.05) is 16.8 Å². The summed E-state index contributed by atoms with van der Waals surface area (Å²) in [6, 6.07) is 18.7. The van der Waals surface area contributed by atoms with Crippen LogP contribution in [0.1, 0.15) is 11.1 Å². The van der Waals surface area contributed by atoms with Gasteiger partial charge in [0.25, 0.3) is 0 Å². The van der Waals surface area contributed by atoms with E-state index in [-0.39, 0.29) is 5.69 Å². The molecule has 4 aromatic rings. The first-order valence-corrected chi connectivity index (χ1v) is 9.46. The number of anilines is 2. The van der Waals surface area contributed by atoms with E-state index >= 15 is 0 Å². The van der Waals surface area contributed by atoms with E-state index in [0.717, 1.165) is 27.9 Å². The minimum atomic E-state index is -0.527. The highest BCUT2D eigenvalue weighted by Gasteiger charge is 2.11. The van der Waals surface area contributed by atoms with Gasteiger partial charge in [0.2, 0.25) is 5.89 Å². The van der Waals surface area contributed by atoms with Gasteiger partial charge in [-0.25, -0.2) is 14.2 Å². The van der Waals surface area contributed by atoms with Crippen molar-refractivity contribution >= 4 is 17.4 Å². The van der Waals surface area contributed by atoms with Crippen LogP contribution in [0.2, 0.25) is 0 Å². The van der Waals surface area contributed by atoms with Crippen LogP contribution in [-0.4, -0.2) is 11.0 Å². The summed E-state index contributed by atoms with van der Waals surface area (Å²) < 4.78 is 19.3. The van der Waals surface area contributed by atoms with Crippen LogP contribution in [0.4, 0.5) is 20.6 Å². The van der Waals surface area contributed by atoms with Crippen LogP contribution < -0.4 is 10.6 Å². The van der Waals surface area contributed by atoms with Gasteiger partial charge in [-0.1, -0.05) is 29.8 Å². The number of aromatic nitrogens is 1. The van der Waals surface area contributed by atoms with Crippen LogP contribution in [-0.2, 0) is 0 Å². The molecule has 150 valence electrons. The quantitative estimate of drug-likeness (QED) is 0.415. The molecule has 2 amide bonds. The molecule has 1 aromatic heterocycles. The van der Waals surface area contributed by atoms with E-state index in [4.69, 9.17) is 4.42 Å². The number of aryl methyl sites for hydroxylation is 2. The Morgan fingerprint density at radius 3 is 2.50 bits per heavy atom. The highest BCUT2D eigenvalue weighted by atomic mass is 19.1. The Bertz CT molecular complexity index is 1200. The molecule has 0 aliphatic carbocycles. The van der Waals surface area contributed by atoms with Gasteiger partial charge in [0.1, 0.15) is 17.8 Å². The number of halogens is 1. The molecule has 0 radical (unpaired) electrons. The van der Waals surface area contributed by atoms with Crippen LogP contribution in [0.3, 0.4) is 0 Å². The maximum atomic E-state index is 13.6. The second-order valence-corrected chi connectivity index (χ2v) is 6.99. The van der Waals surface area contributed by atoms with Crippen molar-refractivity contribution in [1.82, 2.24) is 4.98 Å². The summed E-state index contributed by atoms with van der Waals surface area (Å²) in [7, 11) is 0. The largest absolute Gasteiger partial charge is 0.444 e. The monoisotopic (exact) mass is 401 g/mol. The SMILES string of the molecule is Cc1ccc(C)c(-c2coc(-c3ccc(NC(=O)Nc4ccccc4F)cc3)n2)c1. The fourth-order valence-corrected chi connectivity index (χ4v) is 3.09. The summed E-state index contributed by atoms with van der Waals surface area (Å²) in [5, 5.41) is 5.15. The van der Waals surface area contributed by atoms with Crippen molar-refractivity contribution in [1.29, 1.82) is 0 Å². The number of hydrogen-bond acceptors (Lipinski definition) is 3. The molecule has 0 aliphatic heterocycles. The summed E-state index contributed by atoms with van der Waals surface area (Å²) >= 11 is 0. The summed E-state index contributed by atoms with van der Waals surface area (Å²) in [4.78, 5) is 16.7. The van der Waals surface area contributed by atoms with Crippen LogP contribution in [0.5, 0.6) is 0 Å². The molecule has 30 heavy (non-hydrogen) atoms. The number of nitrogens with one attached hydrogen (secondary N) is 2. The molecule has 4 rings (SSSR count). The van der Waals surface area contributed by atoms with Gasteiger partial charge in [-0.3, -0.25) is 0 Å². The zero-order valence-electron chi connectivity index (χ0n) is 16.6. The molecule has 0 saturated heterocycles. The second kappa shape index (κ2) is 8.21. The molecule has 2 N–H and O–H groups in total. The molecule has 0 fully saturated rings. The van der Waals surface area contributed by atoms with E-state index in [1.165, 1.54) is 12.1 Å². The average Bonchev–Trinajstić information content (AvgIpc) is 3.22. The Balaban J connectivity index is 1.46. The Morgan fingerprint density at radius 2 is 1.73 bits per heavy atom. The summed E-state index contributed by atoms with van der Waals surface area (Å²) in [5.74, 6) is -0.000179. The number of carbonyl (C=O) groups is 1. The van der Waals surface area contributed by atoms with Gasteiger partial charge in [-0.2, -0.15) is 0 Å². The maximum Gasteiger partial charge on any atom is 0.323 e. The molecule has 6 heteroatoms. The van der Waals surface area contributed by atoms with Crippen molar-refractivity contribution in [2.45, 2.75) is 13.8 Å². The lowest BCUT2D eigenvalue weighted by molar-refractivity contribution is 0.262. The standard InChI is InChI=1S/C24H20FN3O2/c1-15-7-8-16(2)19(13-15)22-14-30-23(27-22)17-9-11-18(12-10-17)26-24(29)28-21-6-4-3-5-20(21)25/h3-14H,1-2H3,(H2,26,28,29). The molecule has 0 saturated carbocycles. The predicted octanol–water partition coefficient (Wildman–Crippen LogP) is 6.41. The maximum absolute atomic E-state index is 13.6. The lowest BCUT2D eigenvalue weighted by atomic mass is 10.0. The normalized spacial score (nSPS) is 10.6. The molecule has 1 heterocycles. The molecule has 0 unspecified atom stereocenters. The van der Waals surface area contributed by atoms with Crippen molar-refractivity contribution in [2.24, 2.45) is 0 Å². The van der Waals surface area contributed by atoms with Crippen LogP contribution in [0.15, 0.2) is 77.4 Å². The van der Waals surface area contributed by atoms with Crippen molar-refractivity contribution < 1.29 is 13.6 Å². The summed E-state index contributed by atoms with van der Waals surface area (Å²) in [5.41, 5.74) is 5.56. The Kier molecular flexibility index (Phi) is 5.30. The third kappa shape index (κ3) is 4.22. The summed E-state index contributed by atoms with van der Waals surface area (Å²) in [6.07, 6.45) is 1.64. The van der Waals surface area contributed by atoms with Crippen LogP contribution >= 0.6 is 0 Å². The zero-order valence-corrected chi connectivity index (χ0v) is 16.6. The fourth-order valence-electron chi connectivity index (χ4n) is 3.09. The van der Waals surface area contributed by atoms with Crippen molar-refractivity contribution in [3.05, 3.63) is 89.9 Å². The van der Waals surface area contributed by atoms with E-state index in [2.05, 4.69) is 33.8 Å². The number of carbonyl (C=O) groups excluding carboxylic acids is 1. The van der Waals surface area contributed by atoms with E-state index in [1.54, 1.807) is 42.7 Å². The number of rotatable bonds is 4. The molecule has 5 nitrogen and oxygen atoms in total. The zero-order chi connectivity index (χ0) is 21.1. The summed E-state index contributed by atoms with van der Waals surface area (Å²) in [6.45, 7) is 4.08. The van der Waals surface area contributed by atoms with Crippen molar-refractivity contribution in [3.8, 4) is 22.7 Å². The van der Waals surface area contributed by atoms with E-state index in [9.17, 15) is 9.18 Å². The first-order chi connectivity index (χ1) is 14.5. The first-order valence-electron chi connectivity index (χ1n) is 9.46. The van der Waals surface area contributed by atoms with Gasteiger partial charge in [-0.05, 0) is 61.9 Å². The molecule has 3 aromatic carbocycles. The third-order valence-corrected chi connectivity index (χ3v) is 4.68. The van der Waals surface area contributed by atoms with Crippen LogP contribution in [0, 0.1) is 19.7 Å². The highest BCUT2D eigenvalue weighted by Crippen LogP contribution is 2.28. The smallest absolute Gasteiger partial charge is 0.323 e. The molecule has 0 bridgehead atoms. The van der Waals surface area contributed by atoms with Gasteiger partial charge in [0.05, 0.1) is 5.69 Å². The number of oxazole rings is 1. The fraction of sp³-hybridized carbons (Fsp3) is 0.0833. The van der Waals surface area contributed by atoms with E-state index in [1.807, 2.05) is 13.8 Å². The number of hydrogen-bond donors (Lipinski definition) is 2. The van der Waals surface area contributed by atoms with Gasteiger partial charge in [0.15, 0.2) is 0 Å². The van der Waals surface area contributed by atoms with Crippen molar-refractivity contribution in [2.75, 3.05) is 10.6 Å². The average molecular weight is 401 g/mol. The molecular weight excluding hydrogens is 381 g/mol. The Labute approximate surface area is 173 Å². The molecular formula is C24H20FN3O2. The van der Waals surface area contributed by atoms with Crippen molar-refractivity contribution in [3.63, 3.8) is 0 Å². The van der Waals surface area contributed by atoms with Crippen LogP contribution in [0.25, 0.3) is 22.7 Å².